The average molecular weight is 282 g/mol. The second-order valence-electron chi connectivity index (χ2n) is 3.70. The summed E-state index contributed by atoms with van der Waals surface area (Å²) in [5, 5.41) is 8.84. The lowest BCUT2D eigenvalue weighted by Crippen LogP contribution is -2.31. The number of nitrogens with one attached hydrogen (secondary N) is 2. The van der Waals surface area contributed by atoms with Crippen molar-refractivity contribution in [2.75, 3.05) is 10.6 Å². The molecule has 2 N–H and O–H groups in total. The van der Waals surface area contributed by atoms with Crippen LogP contribution in [0.1, 0.15) is 6.92 Å². The second kappa shape index (κ2) is 5.84. The molecule has 2 rings (SSSR count). The van der Waals surface area contributed by atoms with Gasteiger partial charge in [0, 0.05) is 22.3 Å². The van der Waals surface area contributed by atoms with Crippen molar-refractivity contribution in [2.45, 2.75) is 13.0 Å². The van der Waals surface area contributed by atoms with Crippen LogP contribution in [0.3, 0.4) is 0 Å². The van der Waals surface area contributed by atoms with Gasteiger partial charge in [-0.15, -0.1) is 11.3 Å². The molecule has 0 saturated carbocycles. The number of thiazole rings is 1. The van der Waals surface area contributed by atoms with E-state index in [1.807, 2.05) is 17.5 Å². The molecule has 1 aromatic carbocycles. The Hall–Kier alpha value is -1.59. The number of rotatable bonds is 4. The van der Waals surface area contributed by atoms with Gasteiger partial charge in [0.2, 0.25) is 5.91 Å². The highest BCUT2D eigenvalue weighted by Gasteiger charge is 2.13. The van der Waals surface area contributed by atoms with E-state index in [9.17, 15) is 4.79 Å². The largest absolute Gasteiger partial charge is 0.374 e. The summed E-state index contributed by atoms with van der Waals surface area (Å²) in [5.41, 5.74) is 0.810. The number of carbonyl (C=O) groups is 1. The Morgan fingerprint density at radius 3 is 3.00 bits per heavy atom. The van der Waals surface area contributed by atoms with Crippen molar-refractivity contribution in [1.29, 1.82) is 0 Å². The smallest absolute Gasteiger partial charge is 0.248 e. The molecule has 0 saturated heterocycles. The topological polar surface area (TPSA) is 54.0 Å². The normalized spacial score (nSPS) is 11.9. The van der Waals surface area contributed by atoms with Crippen LogP contribution in [0, 0.1) is 0 Å². The van der Waals surface area contributed by atoms with Gasteiger partial charge in [-0.1, -0.05) is 17.7 Å². The molecule has 4 nitrogen and oxygen atoms in total. The zero-order chi connectivity index (χ0) is 13.0. The highest BCUT2D eigenvalue weighted by molar-refractivity contribution is 7.13. The molecule has 0 aliphatic heterocycles. The molecule has 0 spiro atoms. The Bertz CT molecular complexity index is 530. The Balaban J connectivity index is 1.95. The van der Waals surface area contributed by atoms with Crippen LogP contribution in [0.2, 0.25) is 5.02 Å². The number of amides is 1. The zero-order valence-corrected chi connectivity index (χ0v) is 11.3. The summed E-state index contributed by atoms with van der Waals surface area (Å²) in [6.07, 6.45) is 1.65. The molecular formula is C12H12ClN3OS. The molecule has 0 radical (unpaired) electrons. The third-order valence-corrected chi connectivity index (χ3v) is 3.19. The lowest BCUT2D eigenvalue weighted by molar-refractivity contribution is -0.116. The minimum atomic E-state index is -0.368. The molecule has 0 aliphatic rings. The van der Waals surface area contributed by atoms with Crippen LogP contribution in [0.25, 0.3) is 0 Å². The van der Waals surface area contributed by atoms with Crippen molar-refractivity contribution in [3.63, 3.8) is 0 Å². The van der Waals surface area contributed by atoms with Gasteiger partial charge in [-0.3, -0.25) is 4.79 Å². The molecule has 2 aromatic rings. The predicted octanol–water partition coefficient (Wildman–Crippen LogP) is 3.24. The monoisotopic (exact) mass is 281 g/mol. The van der Waals surface area contributed by atoms with E-state index in [1.54, 1.807) is 25.3 Å². The predicted molar refractivity (Wildman–Crippen MR) is 75.3 cm³/mol. The van der Waals surface area contributed by atoms with E-state index in [2.05, 4.69) is 15.6 Å². The SMILES string of the molecule is C[C@H](Nc1cccc(Cl)c1)C(=O)Nc1nccs1. The van der Waals surface area contributed by atoms with E-state index < -0.39 is 0 Å². The van der Waals surface area contributed by atoms with Crippen molar-refractivity contribution in [3.05, 3.63) is 40.9 Å². The molecule has 0 unspecified atom stereocenters. The number of benzene rings is 1. The first-order valence-electron chi connectivity index (χ1n) is 5.37. The fourth-order valence-electron chi connectivity index (χ4n) is 1.39. The third kappa shape index (κ3) is 3.45. The number of anilines is 2. The maximum atomic E-state index is 11.9. The second-order valence-corrected chi connectivity index (χ2v) is 5.03. The fourth-order valence-corrected chi connectivity index (χ4v) is 2.11. The van der Waals surface area contributed by atoms with Crippen molar-refractivity contribution in [3.8, 4) is 0 Å². The highest BCUT2D eigenvalue weighted by Crippen LogP contribution is 2.16. The van der Waals surface area contributed by atoms with Crippen LogP contribution in [0.15, 0.2) is 35.8 Å². The molecule has 1 atom stereocenters. The summed E-state index contributed by atoms with van der Waals surface area (Å²) in [4.78, 5) is 15.9. The summed E-state index contributed by atoms with van der Waals surface area (Å²) in [5.74, 6) is -0.134. The van der Waals surface area contributed by atoms with Crippen molar-refractivity contribution in [1.82, 2.24) is 4.98 Å². The Morgan fingerprint density at radius 2 is 2.33 bits per heavy atom. The van der Waals surface area contributed by atoms with Crippen molar-refractivity contribution in [2.24, 2.45) is 0 Å². The lowest BCUT2D eigenvalue weighted by Gasteiger charge is -2.14. The van der Waals surface area contributed by atoms with Gasteiger partial charge in [0.1, 0.15) is 6.04 Å². The van der Waals surface area contributed by atoms with Crippen LogP contribution in [0.4, 0.5) is 10.8 Å². The van der Waals surface area contributed by atoms with Crippen LogP contribution in [-0.2, 0) is 4.79 Å². The van der Waals surface area contributed by atoms with Gasteiger partial charge < -0.3 is 10.6 Å². The van der Waals surface area contributed by atoms with Crippen molar-refractivity contribution < 1.29 is 4.79 Å². The summed E-state index contributed by atoms with van der Waals surface area (Å²) in [6, 6.07) is 6.88. The van der Waals surface area contributed by atoms with Crippen LogP contribution < -0.4 is 10.6 Å². The Labute approximate surface area is 114 Å². The summed E-state index contributed by atoms with van der Waals surface area (Å²) < 4.78 is 0. The first-order valence-corrected chi connectivity index (χ1v) is 6.63. The van der Waals surface area contributed by atoms with E-state index in [0.29, 0.717) is 10.2 Å². The number of hydrogen-bond donors (Lipinski definition) is 2. The summed E-state index contributed by atoms with van der Waals surface area (Å²) in [7, 11) is 0. The van der Waals surface area contributed by atoms with E-state index in [-0.39, 0.29) is 11.9 Å². The molecule has 0 fully saturated rings. The summed E-state index contributed by atoms with van der Waals surface area (Å²) in [6.45, 7) is 1.78. The van der Waals surface area contributed by atoms with Gasteiger partial charge in [-0.05, 0) is 25.1 Å². The summed E-state index contributed by atoms with van der Waals surface area (Å²) >= 11 is 7.26. The Morgan fingerprint density at radius 1 is 1.50 bits per heavy atom. The Kier molecular flexibility index (Phi) is 4.17. The van der Waals surface area contributed by atoms with Gasteiger partial charge in [0.25, 0.3) is 0 Å². The maximum Gasteiger partial charge on any atom is 0.248 e. The molecule has 6 heteroatoms. The minimum Gasteiger partial charge on any atom is -0.374 e. The number of nitrogens with zero attached hydrogens (tertiary/aromatic N) is 1. The van der Waals surface area contributed by atoms with Gasteiger partial charge in [-0.2, -0.15) is 0 Å². The van der Waals surface area contributed by atoms with Crippen LogP contribution in [0.5, 0.6) is 0 Å². The molecule has 0 aliphatic carbocycles. The molecule has 0 bridgehead atoms. The number of hydrogen-bond acceptors (Lipinski definition) is 4. The van der Waals surface area contributed by atoms with Gasteiger partial charge >= 0.3 is 0 Å². The molecule has 1 aromatic heterocycles. The minimum absolute atomic E-state index is 0.134. The van der Waals surface area contributed by atoms with Gasteiger partial charge in [-0.25, -0.2) is 4.98 Å². The molecule has 1 amide bonds. The van der Waals surface area contributed by atoms with E-state index >= 15 is 0 Å². The van der Waals surface area contributed by atoms with E-state index in [1.165, 1.54) is 11.3 Å². The number of aromatic nitrogens is 1. The van der Waals surface area contributed by atoms with Crippen LogP contribution >= 0.6 is 22.9 Å². The highest BCUT2D eigenvalue weighted by atomic mass is 35.5. The fraction of sp³-hybridized carbons (Fsp3) is 0.167. The average Bonchev–Trinajstić information content (AvgIpc) is 2.81. The molecule has 94 valence electrons. The maximum absolute atomic E-state index is 11.9. The number of carbonyl (C=O) groups excluding carboxylic acids is 1. The quantitative estimate of drug-likeness (QED) is 0.905. The lowest BCUT2D eigenvalue weighted by atomic mass is 10.2. The molecular weight excluding hydrogens is 270 g/mol. The van der Waals surface area contributed by atoms with Crippen LogP contribution in [-0.4, -0.2) is 16.9 Å². The third-order valence-electron chi connectivity index (χ3n) is 2.26. The number of halogens is 1. The zero-order valence-electron chi connectivity index (χ0n) is 9.68. The standard InChI is InChI=1S/C12H12ClN3OS/c1-8(11(17)16-12-14-5-6-18-12)15-10-4-2-3-9(13)7-10/h2-8,15H,1H3,(H,14,16,17)/t8-/m0/s1. The van der Waals surface area contributed by atoms with Gasteiger partial charge in [0.15, 0.2) is 5.13 Å². The van der Waals surface area contributed by atoms with E-state index in [4.69, 9.17) is 11.6 Å². The first kappa shape index (κ1) is 12.9. The van der Waals surface area contributed by atoms with E-state index in [0.717, 1.165) is 5.69 Å². The first-order chi connectivity index (χ1) is 8.65. The molecule has 18 heavy (non-hydrogen) atoms. The van der Waals surface area contributed by atoms with Gasteiger partial charge in [0.05, 0.1) is 0 Å². The molecule has 1 heterocycles. The van der Waals surface area contributed by atoms with Crippen molar-refractivity contribution >= 4 is 39.7 Å².